The molecular formula is C18H21Cl2N3O2. The number of aliphatic hydroxyl groups is 1. The van der Waals surface area contributed by atoms with Crippen molar-refractivity contribution in [2.75, 3.05) is 44.2 Å². The van der Waals surface area contributed by atoms with Crippen LogP contribution in [0, 0.1) is 0 Å². The lowest BCUT2D eigenvalue weighted by Crippen LogP contribution is -2.49. The van der Waals surface area contributed by atoms with Crippen LogP contribution < -0.4 is 9.64 Å². The van der Waals surface area contributed by atoms with E-state index in [0.717, 1.165) is 32.0 Å². The molecule has 5 nitrogen and oxygen atoms in total. The van der Waals surface area contributed by atoms with Crippen molar-refractivity contribution in [3.8, 4) is 5.75 Å². The molecule has 2 heterocycles. The van der Waals surface area contributed by atoms with E-state index >= 15 is 0 Å². The Labute approximate surface area is 157 Å². The second-order valence-corrected chi connectivity index (χ2v) is 6.81. The summed E-state index contributed by atoms with van der Waals surface area (Å²) in [6.07, 6.45) is 1.21. The summed E-state index contributed by atoms with van der Waals surface area (Å²) in [5.74, 6) is 1.42. The van der Waals surface area contributed by atoms with Crippen LogP contribution in [-0.2, 0) is 0 Å². The molecule has 0 unspecified atom stereocenters. The fraction of sp³-hybridized carbons (Fsp3) is 0.389. The van der Waals surface area contributed by atoms with Gasteiger partial charge in [-0.3, -0.25) is 4.90 Å². The number of halogens is 2. The maximum Gasteiger partial charge on any atom is 0.156 e. The van der Waals surface area contributed by atoms with Crippen molar-refractivity contribution >= 4 is 29.0 Å². The average molecular weight is 382 g/mol. The number of β-amino-alcohol motifs (C(OH)–C–C–N with tert-alkyl or cyclic N) is 1. The summed E-state index contributed by atoms with van der Waals surface area (Å²) >= 11 is 12.1. The predicted molar refractivity (Wildman–Crippen MR) is 101 cm³/mol. The van der Waals surface area contributed by atoms with E-state index in [1.54, 1.807) is 18.2 Å². The van der Waals surface area contributed by atoms with E-state index in [2.05, 4.69) is 14.8 Å². The molecular weight excluding hydrogens is 361 g/mol. The highest BCUT2D eigenvalue weighted by molar-refractivity contribution is 6.37. The minimum Gasteiger partial charge on any atom is -0.488 e. The molecule has 1 atom stereocenters. The third kappa shape index (κ3) is 4.98. The normalized spacial score (nSPS) is 16.7. The number of para-hydroxylation sites is 1. The zero-order chi connectivity index (χ0) is 17.6. The van der Waals surface area contributed by atoms with Gasteiger partial charge in [-0.05, 0) is 24.3 Å². The lowest BCUT2D eigenvalue weighted by atomic mass is 10.2. The smallest absolute Gasteiger partial charge is 0.156 e. The van der Waals surface area contributed by atoms with Gasteiger partial charge in [-0.2, -0.15) is 0 Å². The van der Waals surface area contributed by atoms with Gasteiger partial charge in [0.25, 0.3) is 0 Å². The van der Waals surface area contributed by atoms with E-state index in [4.69, 9.17) is 27.9 Å². The van der Waals surface area contributed by atoms with Crippen molar-refractivity contribution in [2.45, 2.75) is 6.10 Å². The van der Waals surface area contributed by atoms with Gasteiger partial charge in [-0.25, -0.2) is 4.98 Å². The minimum atomic E-state index is -0.603. The summed E-state index contributed by atoms with van der Waals surface area (Å²) in [4.78, 5) is 8.86. The van der Waals surface area contributed by atoms with Crippen LogP contribution in [0.2, 0.25) is 10.0 Å². The van der Waals surface area contributed by atoms with Crippen molar-refractivity contribution in [3.05, 3.63) is 52.6 Å². The maximum atomic E-state index is 10.2. The molecule has 25 heavy (non-hydrogen) atoms. The molecule has 0 radical (unpaired) electrons. The summed E-state index contributed by atoms with van der Waals surface area (Å²) < 4.78 is 5.60. The molecule has 1 fully saturated rings. The number of nitrogens with zero attached hydrogens (tertiary/aromatic N) is 3. The number of aromatic nitrogens is 1. The van der Waals surface area contributed by atoms with Gasteiger partial charge >= 0.3 is 0 Å². The largest absolute Gasteiger partial charge is 0.488 e. The Balaban J connectivity index is 1.44. The number of hydrogen-bond acceptors (Lipinski definition) is 5. The number of benzene rings is 1. The Bertz CT molecular complexity index is 659. The molecule has 1 N–H and O–H groups in total. The molecule has 134 valence electrons. The van der Waals surface area contributed by atoms with Gasteiger partial charge in [0, 0.05) is 38.9 Å². The van der Waals surface area contributed by atoms with Gasteiger partial charge in [0.1, 0.15) is 18.5 Å². The molecule has 1 aliphatic heterocycles. The maximum absolute atomic E-state index is 10.2. The van der Waals surface area contributed by atoms with Gasteiger partial charge in [0.05, 0.1) is 10.0 Å². The van der Waals surface area contributed by atoms with Crippen LogP contribution in [0.4, 0.5) is 5.82 Å². The molecule has 0 amide bonds. The molecule has 0 aliphatic carbocycles. The van der Waals surface area contributed by atoms with E-state index < -0.39 is 6.10 Å². The van der Waals surface area contributed by atoms with Gasteiger partial charge < -0.3 is 14.7 Å². The predicted octanol–water partition coefficient (Wildman–Crippen LogP) is 2.95. The first-order valence-electron chi connectivity index (χ1n) is 8.26. The molecule has 1 saturated heterocycles. The topological polar surface area (TPSA) is 48.8 Å². The molecule has 7 heteroatoms. The first-order chi connectivity index (χ1) is 12.1. The Morgan fingerprint density at radius 1 is 1.04 bits per heavy atom. The monoisotopic (exact) mass is 381 g/mol. The third-order valence-electron chi connectivity index (χ3n) is 4.15. The van der Waals surface area contributed by atoms with Crippen molar-refractivity contribution in [3.63, 3.8) is 0 Å². The lowest BCUT2D eigenvalue weighted by Gasteiger charge is -2.36. The van der Waals surface area contributed by atoms with Crippen LogP contribution in [0.5, 0.6) is 5.75 Å². The molecule has 0 saturated carbocycles. The second-order valence-electron chi connectivity index (χ2n) is 5.99. The zero-order valence-electron chi connectivity index (χ0n) is 13.8. The number of hydrogen-bond donors (Lipinski definition) is 1. The molecule has 1 aliphatic rings. The second kappa shape index (κ2) is 8.72. The fourth-order valence-electron chi connectivity index (χ4n) is 2.85. The zero-order valence-corrected chi connectivity index (χ0v) is 15.3. The Hall–Kier alpha value is -1.53. The van der Waals surface area contributed by atoms with Crippen molar-refractivity contribution in [2.24, 2.45) is 0 Å². The van der Waals surface area contributed by atoms with Crippen LogP contribution in [0.3, 0.4) is 0 Å². The van der Waals surface area contributed by atoms with E-state index in [1.807, 2.05) is 24.4 Å². The third-order valence-corrected chi connectivity index (χ3v) is 4.75. The van der Waals surface area contributed by atoms with Crippen molar-refractivity contribution in [1.82, 2.24) is 9.88 Å². The quantitative estimate of drug-likeness (QED) is 0.833. The van der Waals surface area contributed by atoms with Gasteiger partial charge in [-0.1, -0.05) is 35.3 Å². The summed E-state index contributed by atoms with van der Waals surface area (Å²) in [5.41, 5.74) is 0. The average Bonchev–Trinajstić information content (AvgIpc) is 2.63. The van der Waals surface area contributed by atoms with E-state index in [-0.39, 0.29) is 6.61 Å². The van der Waals surface area contributed by atoms with Crippen LogP contribution in [0.15, 0.2) is 42.6 Å². The van der Waals surface area contributed by atoms with Gasteiger partial charge in [0.2, 0.25) is 0 Å². The van der Waals surface area contributed by atoms with E-state index in [1.165, 1.54) is 0 Å². The summed E-state index contributed by atoms with van der Waals surface area (Å²) in [6.45, 7) is 4.24. The van der Waals surface area contributed by atoms with Crippen LogP contribution in [0.25, 0.3) is 0 Å². The summed E-state index contributed by atoms with van der Waals surface area (Å²) in [5, 5.41) is 11.1. The highest BCUT2D eigenvalue weighted by Crippen LogP contribution is 2.32. The minimum absolute atomic E-state index is 0.157. The molecule has 2 aromatic rings. The first-order valence-corrected chi connectivity index (χ1v) is 9.02. The standard InChI is InChI=1S/C18H21Cl2N3O2/c19-15-4-3-5-16(20)18(15)25-13-14(24)12-22-8-10-23(11-9-22)17-6-1-2-7-21-17/h1-7,14,24H,8-13H2/t14-/m1/s1. The number of piperazine rings is 1. The Morgan fingerprint density at radius 3 is 2.40 bits per heavy atom. The van der Waals surface area contributed by atoms with Crippen molar-refractivity contribution in [1.29, 1.82) is 0 Å². The van der Waals surface area contributed by atoms with Gasteiger partial charge in [0.15, 0.2) is 5.75 Å². The highest BCUT2D eigenvalue weighted by atomic mass is 35.5. The lowest BCUT2D eigenvalue weighted by molar-refractivity contribution is 0.0663. The SMILES string of the molecule is O[C@@H](COc1c(Cl)cccc1Cl)CN1CCN(c2ccccn2)CC1. The number of rotatable bonds is 6. The number of ether oxygens (including phenoxy) is 1. The van der Waals surface area contributed by atoms with Crippen LogP contribution >= 0.6 is 23.2 Å². The van der Waals surface area contributed by atoms with E-state index in [9.17, 15) is 5.11 Å². The Morgan fingerprint density at radius 2 is 1.76 bits per heavy atom. The van der Waals surface area contributed by atoms with E-state index in [0.29, 0.717) is 22.3 Å². The summed E-state index contributed by atoms with van der Waals surface area (Å²) in [6, 6.07) is 11.1. The highest BCUT2D eigenvalue weighted by Gasteiger charge is 2.20. The molecule has 0 bridgehead atoms. The number of aliphatic hydroxyl groups excluding tert-OH is 1. The first kappa shape index (κ1) is 18.3. The Kier molecular flexibility index (Phi) is 6.37. The van der Waals surface area contributed by atoms with Crippen LogP contribution in [-0.4, -0.2) is 60.4 Å². The van der Waals surface area contributed by atoms with Crippen LogP contribution in [0.1, 0.15) is 0 Å². The van der Waals surface area contributed by atoms with Crippen molar-refractivity contribution < 1.29 is 9.84 Å². The fourth-order valence-corrected chi connectivity index (χ4v) is 3.36. The number of anilines is 1. The molecule has 0 spiro atoms. The van der Waals surface area contributed by atoms with Gasteiger partial charge in [-0.15, -0.1) is 0 Å². The molecule has 1 aromatic heterocycles. The number of pyridine rings is 1. The molecule has 3 rings (SSSR count). The summed E-state index contributed by atoms with van der Waals surface area (Å²) in [7, 11) is 0. The molecule has 1 aromatic carbocycles.